The van der Waals surface area contributed by atoms with E-state index in [1.54, 1.807) is 24.3 Å². The Hall–Kier alpha value is -3.12. The van der Waals surface area contributed by atoms with Crippen molar-refractivity contribution < 1.29 is 14.0 Å². The third-order valence-electron chi connectivity index (χ3n) is 3.45. The van der Waals surface area contributed by atoms with Crippen LogP contribution in [0.1, 0.15) is 16.1 Å². The van der Waals surface area contributed by atoms with Crippen LogP contribution in [0.25, 0.3) is 6.08 Å². The monoisotopic (exact) mass is 410 g/mol. The molecule has 26 heavy (non-hydrogen) atoms. The number of rotatable bonds is 5. The molecule has 0 fully saturated rings. The van der Waals surface area contributed by atoms with Gasteiger partial charge in [-0.2, -0.15) is 0 Å². The zero-order chi connectivity index (χ0) is 18.4. The van der Waals surface area contributed by atoms with E-state index >= 15 is 0 Å². The zero-order valence-corrected chi connectivity index (χ0v) is 15.2. The Morgan fingerprint density at radius 2 is 1.65 bits per heavy atom. The predicted octanol–water partition coefficient (Wildman–Crippen LogP) is 4.45. The van der Waals surface area contributed by atoms with Crippen LogP contribution in [0.4, 0.5) is 5.69 Å². The number of hydrogen-bond donors (Lipinski definition) is 2. The first-order chi connectivity index (χ1) is 12.6. The number of nitrogens with one attached hydrogen (secondary N) is 2. The number of benzene rings is 2. The SMILES string of the molecule is O=C(Nc1ccccc1)/C(=C/c1ccc(Br)cc1)NC(=O)c1ccco1. The highest BCUT2D eigenvalue weighted by molar-refractivity contribution is 9.10. The van der Waals surface area contributed by atoms with Crippen molar-refractivity contribution in [1.29, 1.82) is 0 Å². The summed E-state index contributed by atoms with van der Waals surface area (Å²) in [6.07, 6.45) is 3.00. The number of carbonyl (C=O) groups excluding carboxylic acids is 2. The molecule has 0 aliphatic carbocycles. The lowest BCUT2D eigenvalue weighted by Gasteiger charge is -2.10. The first kappa shape index (κ1) is 17.7. The van der Waals surface area contributed by atoms with Gasteiger partial charge < -0.3 is 15.1 Å². The normalized spacial score (nSPS) is 11.0. The molecule has 5 nitrogen and oxygen atoms in total. The molecule has 0 saturated heterocycles. The molecule has 0 spiro atoms. The van der Waals surface area contributed by atoms with E-state index in [2.05, 4.69) is 26.6 Å². The average molecular weight is 411 g/mol. The topological polar surface area (TPSA) is 71.3 Å². The molecule has 0 saturated carbocycles. The maximum atomic E-state index is 12.7. The van der Waals surface area contributed by atoms with E-state index in [-0.39, 0.29) is 11.5 Å². The number of para-hydroxylation sites is 1. The molecule has 1 aromatic heterocycles. The summed E-state index contributed by atoms with van der Waals surface area (Å²) >= 11 is 3.37. The van der Waals surface area contributed by atoms with Crippen LogP contribution in [0, 0.1) is 0 Å². The fourth-order valence-corrected chi connectivity index (χ4v) is 2.46. The molecule has 2 amide bonds. The van der Waals surface area contributed by atoms with Crippen LogP contribution in [0.15, 0.2) is 87.6 Å². The first-order valence-corrected chi connectivity index (χ1v) is 8.59. The van der Waals surface area contributed by atoms with Crippen molar-refractivity contribution in [1.82, 2.24) is 5.32 Å². The van der Waals surface area contributed by atoms with Crippen molar-refractivity contribution in [3.05, 3.63) is 94.5 Å². The largest absolute Gasteiger partial charge is 0.459 e. The first-order valence-electron chi connectivity index (χ1n) is 7.80. The third kappa shape index (κ3) is 4.70. The van der Waals surface area contributed by atoms with Crippen molar-refractivity contribution in [2.24, 2.45) is 0 Å². The van der Waals surface area contributed by atoms with E-state index in [0.29, 0.717) is 5.69 Å². The number of amides is 2. The molecule has 0 radical (unpaired) electrons. The fourth-order valence-electron chi connectivity index (χ4n) is 2.20. The maximum absolute atomic E-state index is 12.7. The molecular weight excluding hydrogens is 396 g/mol. The van der Waals surface area contributed by atoms with Gasteiger partial charge in [-0.25, -0.2) is 0 Å². The molecule has 0 unspecified atom stereocenters. The predicted molar refractivity (Wildman–Crippen MR) is 103 cm³/mol. The second kappa shape index (κ2) is 8.31. The van der Waals surface area contributed by atoms with Crippen LogP contribution in [-0.4, -0.2) is 11.8 Å². The van der Waals surface area contributed by atoms with E-state index in [4.69, 9.17) is 4.42 Å². The van der Waals surface area contributed by atoms with Gasteiger partial charge in [0.2, 0.25) is 0 Å². The molecule has 0 atom stereocenters. The summed E-state index contributed by atoms with van der Waals surface area (Å²) in [7, 11) is 0. The minimum Gasteiger partial charge on any atom is -0.459 e. The van der Waals surface area contributed by atoms with Crippen LogP contribution in [0.2, 0.25) is 0 Å². The second-order valence-corrected chi connectivity index (χ2v) is 6.28. The molecule has 0 aliphatic heterocycles. The summed E-state index contributed by atoms with van der Waals surface area (Å²) in [5.41, 5.74) is 1.51. The third-order valence-corrected chi connectivity index (χ3v) is 3.98. The molecule has 2 N–H and O–H groups in total. The minimum atomic E-state index is -0.499. The Labute approximate surface area is 158 Å². The number of carbonyl (C=O) groups is 2. The van der Waals surface area contributed by atoms with Gasteiger partial charge in [0.05, 0.1) is 6.26 Å². The fraction of sp³-hybridized carbons (Fsp3) is 0. The summed E-state index contributed by atoms with van der Waals surface area (Å²) in [5.74, 6) is -0.806. The van der Waals surface area contributed by atoms with E-state index in [9.17, 15) is 9.59 Å². The molecule has 0 bridgehead atoms. The maximum Gasteiger partial charge on any atom is 0.291 e. The van der Waals surface area contributed by atoms with Crippen molar-refractivity contribution in [2.75, 3.05) is 5.32 Å². The highest BCUT2D eigenvalue weighted by Crippen LogP contribution is 2.14. The second-order valence-electron chi connectivity index (χ2n) is 5.36. The molecule has 6 heteroatoms. The number of halogens is 1. The van der Waals surface area contributed by atoms with Crippen LogP contribution in [0.5, 0.6) is 0 Å². The Balaban J connectivity index is 1.86. The van der Waals surface area contributed by atoms with Crippen LogP contribution >= 0.6 is 15.9 Å². The van der Waals surface area contributed by atoms with E-state index in [1.165, 1.54) is 12.3 Å². The van der Waals surface area contributed by atoms with Gasteiger partial charge in [-0.05, 0) is 48.0 Å². The van der Waals surface area contributed by atoms with Gasteiger partial charge >= 0.3 is 0 Å². The number of anilines is 1. The van der Waals surface area contributed by atoms with Crippen molar-refractivity contribution in [3.8, 4) is 0 Å². The van der Waals surface area contributed by atoms with Crippen molar-refractivity contribution >= 4 is 39.5 Å². The highest BCUT2D eigenvalue weighted by Gasteiger charge is 2.16. The molecule has 1 heterocycles. The van der Waals surface area contributed by atoms with Crippen molar-refractivity contribution in [2.45, 2.75) is 0 Å². The quantitative estimate of drug-likeness (QED) is 0.610. The summed E-state index contributed by atoms with van der Waals surface area (Å²) in [6.45, 7) is 0. The Morgan fingerprint density at radius 1 is 0.923 bits per heavy atom. The van der Waals surface area contributed by atoms with Gasteiger partial charge in [-0.15, -0.1) is 0 Å². The van der Waals surface area contributed by atoms with E-state index < -0.39 is 11.8 Å². The summed E-state index contributed by atoms with van der Waals surface area (Å²) in [5, 5.41) is 5.37. The summed E-state index contributed by atoms with van der Waals surface area (Å²) < 4.78 is 6.00. The smallest absolute Gasteiger partial charge is 0.291 e. The van der Waals surface area contributed by atoms with E-state index in [0.717, 1.165) is 10.0 Å². The lowest BCUT2D eigenvalue weighted by molar-refractivity contribution is -0.113. The number of furan rings is 1. The average Bonchev–Trinajstić information content (AvgIpc) is 3.18. The lowest BCUT2D eigenvalue weighted by Crippen LogP contribution is -2.30. The van der Waals surface area contributed by atoms with Gasteiger partial charge in [0, 0.05) is 10.2 Å². The molecule has 3 aromatic rings. The van der Waals surface area contributed by atoms with Gasteiger partial charge in [0.15, 0.2) is 5.76 Å². The lowest BCUT2D eigenvalue weighted by atomic mass is 10.2. The summed E-state index contributed by atoms with van der Waals surface area (Å²) in [4.78, 5) is 24.9. The Bertz CT molecular complexity index is 917. The van der Waals surface area contributed by atoms with Crippen LogP contribution < -0.4 is 10.6 Å². The Kier molecular flexibility index (Phi) is 5.66. The summed E-state index contributed by atoms with van der Waals surface area (Å²) in [6, 6.07) is 19.5. The molecule has 0 aliphatic rings. The van der Waals surface area contributed by atoms with Crippen LogP contribution in [-0.2, 0) is 4.79 Å². The minimum absolute atomic E-state index is 0.109. The molecule has 130 valence electrons. The Morgan fingerprint density at radius 3 is 2.31 bits per heavy atom. The standard InChI is InChI=1S/C20H15BrN2O3/c21-15-10-8-14(9-11-15)13-17(23-20(25)18-7-4-12-26-18)19(24)22-16-5-2-1-3-6-16/h1-13H,(H,22,24)(H,23,25)/b17-13-. The molecule has 2 aromatic carbocycles. The van der Waals surface area contributed by atoms with Crippen molar-refractivity contribution in [3.63, 3.8) is 0 Å². The van der Waals surface area contributed by atoms with Gasteiger partial charge in [-0.3, -0.25) is 9.59 Å². The van der Waals surface area contributed by atoms with E-state index in [1.807, 2.05) is 42.5 Å². The zero-order valence-electron chi connectivity index (χ0n) is 13.6. The van der Waals surface area contributed by atoms with Crippen LogP contribution in [0.3, 0.4) is 0 Å². The number of hydrogen-bond acceptors (Lipinski definition) is 3. The molecular formula is C20H15BrN2O3. The molecule has 3 rings (SSSR count). The van der Waals surface area contributed by atoms with Gasteiger partial charge in [-0.1, -0.05) is 46.3 Å². The van der Waals surface area contributed by atoms with Gasteiger partial charge in [0.1, 0.15) is 5.70 Å². The highest BCUT2D eigenvalue weighted by atomic mass is 79.9. The van der Waals surface area contributed by atoms with Gasteiger partial charge in [0.25, 0.3) is 11.8 Å².